The Morgan fingerprint density at radius 3 is 2.93 bits per heavy atom. The van der Waals surface area contributed by atoms with Crippen molar-refractivity contribution in [2.45, 2.75) is 23.8 Å². The molecule has 1 heterocycles. The molecule has 0 fully saturated rings. The van der Waals surface area contributed by atoms with E-state index in [1.54, 1.807) is 18.0 Å². The molecule has 3 nitrogen and oxygen atoms in total. The number of thioether (sulfide) groups is 1. The van der Waals surface area contributed by atoms with Gasteiger partial charge in [0.05, 0.1) is 0 Å². The summed E-state index contributed by atoms with van der Waals surface area (Å²) in [6.07, 6.45) is 4.43. The summed E-state index contributed by atoms with van der Waals surface area (Å²) >= 11 is 1.80. The third-order valence-electron chi connectivity index (χ3n) is 2.20. The minimum absolute atomic E-state index is 0.235. The van der Waals surface area contributed by atoms with Crippen LogP contribution < -0.4 is 5.73 Å². The zero-order valence-electron chi connectivity index (χ0n) is 8.97. The second-order valence-corrected chi connectivity index (χ2v) is 5.12. The van der Waals surface area contributed by atoms with Crippen molar-refractivity contribution >= 4 is 11.8 Å². The third-order valence-corrected chi connectivity index (χ3v) is 3.70. The number of hydrogen-bond acceptors (Lipinski definition) is 4. The lowest BCUT2D eigenvalue weighted by atomic mass is 10.2. The van der Waals surface area contributed by atoms with Crippen LogP contribution in [0.5, 0.6) is 0 Å². The lowest BCUT2D eigenvalue weighted by Gasteiger charge is -2.18. The Bertz CT molecular complexity index is 269. The zero-order valence-corrected chi connectivity index (χ0v) is 9.78. The summed E-state index contributed by atoms with van der Waals surface area (Å²) in [6.45, 7) is 2.95. The van der Waals surface area contributed by atoms with Gasteiger partial charge in [0.2, 0.25) is 0 Å². The number of nitrogens with zero attached hydrogens (tertiary/aromatic N) is 1. The summed E-state index contributed by atoms with van der Waals surface area (Å²) in [5.74, 6) is 0. The highest BCUT2D eigenvalue weighted by molar-refractivity contribution is 8.00. The number of hydrogen-bond donors (Lipinski definition) is 2. The second-order valence-electron chi connectivity index (χ2n) is 3.47. The highest BCUT2D eigenvalue weighted by Crippen LogP contribution is 2.31. The molecule has 0 amide bonds. The molecule has 1 aromatic rings. The Morgan fingerprint density at radius 2 is 2.40 bits per heavy atom. The molecule has 0 saturated heterocycles. The minimum atomic E-state index is 0.235. The van der Waals surface area contributed by atoms with E-state index in [0.29, 0.717) is 11.8 Å². The second kappa shape index (κ2) is 6.82. The monoisotopic (exact) mass is 226 g/mol. The lowest BCUT2D eigenvalue weighted by Crippen LogP contribution is -2.13. The van der Waals surface area contributed by atoms with Crippen LogP contribution >= 0.6 is 11.8 Å². The van der Waals surface area contributed by atoms with Crippen LogP contribution in [-0.2, 0) is 0 Å². The Hall–Kier alpha value is -0.580. The predicted octanol–water partition coefficient (Wildman–Crippen LogP) is 1.59. The van der Waals surface area contributed by atoms with Gasteiger partial charge in [-0.05, 0) is 18.1 Å². The maximum Gasteiger partial charge on any atom is 0.0441 e. The molecule has 0 radical (unpaired) electrons. The van der Waals surface area contributed by atoms with Gasteiger partial charge in [0.25, 0.3) is 0 Å². The van der Waals surface area contributed by atoms with Crippen LogP contribution in [0.25, 0.3) is 0 Å². The van der Waals surface area contributed by atoms with E-state index < -0.39 is 0 Å². The van der Waals surface area contributed by atoms with Gasteiger partial charge in [-0.2, -0.15) is 0 Å². The van der Waals surface area contributed by atoms with Crippen molar-refractivity contribution in [3.05, 3.63) is 30.1 Å². The van der Waals surface area contributed by atoms with Gasteiger partial charge >= 0.3 is 0 Å². The van der Waals surface area contributed by atoms with Crippen LogP contribution in [-0.4, -0.2) is 28.5 Å². The summed E-state index contributed by atoms with van der Waals surface area (Å²) in [5, 5.41) is 9.53. The average Bonchev–Trinajstić information content (AvgIpc) is 2.27. The molecule has 84 valence electrons. The van der Waals surface area contributed by atoms with Crippen LogP contribution in [0.3, 0.4) is 0 Å². The van der Waals surface area contributed by atoms with E-state index in [1.165, 1.54) is 0 Å². The van der Waals surface area contributed by atoms with Crippen molar-refractivity contribution in [3.8, 4) is 0 Å². The largest absolute Gasteiger partial charge is 0.396 e. The Morgan fingerprint density at radius 1 is 1.60 bits per heavy atom. The van der Waals surface area contributed by atoms with Crippen molar-refractivity contribution in [2.24, 2.45) is 5.73 Å². The fraction of sp³-hybridized carbons (Fsp3) is 0.545. The van der Waals surface area contributed by atoms with E-state index in [1.807, 2.05) is 18.3 Å². The molecule has 3 N–H and O–H groups in total. The molecule has 1 aromatic heterocycles. The standard InChI is InChI=1S/C11H18N2OS/c1-9(4-6-14)15-11(7-12)10-3-2-5-13-8-10/h2-3,5,8-9,11,14H,4,6-7,12H2,1H3. The molecule has 0 aromatic carbocycles. The number of pyridine rings is 1. The summed E-state index contributed by atoms with van der Waals surface area (Å²) in [5.41, 5.74) is 6.90. The van der Waals surface area contributed by atoms with E-state index in [9.17, 15) is 0 Å². The molecule has 0 spiro atoms. The molecule has 1 rings (SSSR count). The molecule has 0 aliphatic rings. The first-order chi connectivity index (χ1) is 7.27. The maximum atomic E-state index is 8.84. The topological polar surface area (TPSA) is 59.1 Å². The van der Waals surface area contributed by atoms with Crippen LogP contribution in [0.2, 0.25) is 0 Å². The van der Waals surface area contributed by atoms with E-state index in [-0.39, 0.29) is 11.9 Å². The number of aliphatic hydroxyl groups is 1. The molecular formula is C11H18N2OS. The highest BCUT2D eigenvalue weighted by Gasteiger charge is 2.14. The quantitative estimate of drug-likeness (QED) is 0.773. The Labute approximate surface area is 95.1 Å². The molecule has 2 unspecified atom stereocenters. The van der Waals surface area contributed by atoms with Crippen LogP contribution in [0.4, 0.5) is 0 Å². The van der Waals surface area contributed by atoms with Crippen LogP contribution in [0, 0.1) is 0 Å². The Kier molecular flexibility index (Phi) is 5.68. The molecule has 0 saturated carbocycles. The normalized spacial score (nSPS) is 14.9. The van der Waals surface area contributed by atoms with Crippen LogP contribution in [0.1, 0.15) is 24.2 Å². The van der Waals surface area contributed by atoms with E-state index in [0.717, 1.165) is 12.0 Å². The first-order valence-electron chi connectivity index (χ1n) is 5.14. The van der Waals surface area contributed by atoms with Crippen molar-refractivity contribution < 1.29 is 5.11 Å². The highest BCUT2D eigenvalue weighted by atomic mass is 32.2. The first kappa shape index (κ1) is 12.5. The maximum absolute atomic E-state index is 8.84. The van der Waals surface area contributed by atoms with E-state index >= 15 is 0 Å². The van der Waals surface area contributed by atoms with Gasteiger partial charge in [0, 0.05) is 36.0 Å². The fourth-order valence-corrected chi connectivity index (χ4v) is 2.58. The molecule has 0 aliphatic carbocycles. The van der Waals surface area contributed by atoms with Gasteiger partial charge in [-0.1, -0.05) is 13.0 Å². The number of aliphatic hydroxyl groups excluding tert-OH is 1. The molecule has 0 aliphatic heterocycles. The SMILES string of the molecule is CC(CCO)SC(CN)c1cccnc1. The first-order valence-corrected chi connectivity index (χ1v) is 6.08. The van der Waals surface area contributed by atoms with Crippen molar-refractivity contribution in [1.82, 2.24) is 4.98 Å². The summed E-state index contributed by atoms with van der Waals surface area (Å²) in [7, 11) is 0. The van der Waals surface area contributed by atoms with Gasteiger partial charge in [-0.25, -0.2) is 0 Å². The summed E-state index contributed by atoms with van der Waals surface area (Å²) in [6, 6.07) is 3.97. The number of rotatable bonds is 6. The average molecular weight is 226 g/mol. The Balaban J connectivity index is 2.56. The summed E-state index contributed by atoms with van der Waals surface area (Å²) in [4.78, 5) is 4.09. The zero-order chi connectivity index (χ0) is 11.1. The third kappa shape index (κ3) is 4.20. The van der Waals surface area contributed by atoms with Gasteiger partial charge < -0.3 is 10.8 Å². The fourth-order valence-electron chi connectivity index (χ4n) is 1.37. The van der Waals surface area contributed by atoms with Gasteiger partial charge in [0.1, 0.15) is 0 Å². The predicted molar refractivity (Wildman–Crippen MR) is 64.8 cm³/mol. The van der Waals surface area contributed by atoms with Crippen LogP contribution in [0.15, 0.2) is 24.5 Å². The smallest absolute Gasteiger partial charge is 0.0441 e. The molecule has 2 atom stereocenters. The molecular weight excluding hydrogens is 208 g/mol. The van der Waals surface area contributed by atoms with E-state index in [4.69, 9.17) is 10.8 Å². The minimum Gasteiger partial charge on any atom is -0.396 e. The van der Waals surface area contributed by atoms with Gasteiger partial charge in [-0.3, -0.25) is 4.98 Å². The molecule has 4 heteroatoms. The van der Waals surface area contributed by atoms with Gasteiger partial charge in [0.15, 0.2) is 0 Å². The lowest BCUT2D eigenvalue weighted by molar-refractivity contribution is 0.289. The molecule has 0 bridgehead atoms. The van der Waals surface area contributed by atoms with E-state index in [2.05, 4.69) is 11.9 Å². The van der Waals surface area contributed by atoms with Crippen molar-refractivity contribution in [2.75, 3.05) is 13.2 Å². The summed E-state index contributed by atoms with van der Waals surface area (Å²) < 4.78 is 0. The number of nitrogens with two attached hydrogens (primary N) is 1. The van der Waals surface area contributed by atoms with Gasteiger partial charge in [-0.15, -0.1) is 11.8 Å². The molecule has 15 heavy (non-hydrogen) atoms. The number of aromatic nitrogens is 1. The van der Waals surface area contributed by atoms with Crippen molar-refractivity contribution in [1.29, 1.82) is 0 Å². The van der Waals surface area contributed by atoms with Crippen molar-refractivity contribution in [3.63, 3.8) is 0 Å².